The average Bonchev–Trinajstić information content (AvgIpc) is 2.29. The zero-order valence-electron chi connectivity index (χ0n) is 10.8. The van der Waals surface area contributed by atoms with Gasteiger partial charge in [0.1, 0.15) is 0 Å². The van der Waals surface area contributed by atoms with Gasteiger partial charge >= 0.3 is 0 Å². The summed E-state index contributed by atoms with van der Waals surface area (Å²) in [4.78, 5) is 0. The van der Waals surface area contributed by atoms with Crippen molar-refractivity contribution in [1.29, 1.82) is 0 Å². The number of methoxy groups -OCH3 is 1. The minimum absolute atomic E-state index is 0.0198. The van der Waals surface area contributed by atoms with Gasteiger partial charge in [-0.25, -0.2) is 0 Å². The van der Waals surface area contributed by atoms with Crippen LogP contribution in [-0.4, -0.2) is 70.6 Å². The summed E-state index contributed by atoms with van der Waals surface area (Å²) in [6.45, 7) is 2.06. The third-order valence-electron chi connectivity index (χ3n) is 2.77. The van der Waals surface area contributed by atoms with Crippen molar-refractivity contribution in [1.82, 2.24) is 8.61 Å². The fourth-order valence-corrected chi connectivity index (χ4v) is 2.96. The molecule has 1 rings (SSSR count). The third kappa shape index (κ3) is 4.18. The Hall–Kier alpha value is -0.210. The molecule has 0 radical (unpaired) electrons. The van der Waals surface area contributed by atoms with E-state index in [9.17, 15) is 8.42 Å². The Kier molecular flexibility index (Phi) is 5.81. The summed E-state index contributed by atoms with van der Waals surface area (Å²) < 4.78 is 37.1. The van der Waals surface area contributed by atoms with E-state index in [4.69, 9.17) is 9.47 Å². The second kappa shape index (κ2) is 6.65. The van der Waals surface area contributed by atoms with Crippen LogP contribution in [0.3, 0.4) is 0 Å². The predicted octanol–water partition coefficient (Wildman–Crippen LogP) is -0.0798. The summed E-state index contributed by atoms with van der Waals surface area (Å²) in [5.74, 6) is 0. The van der Waals surface area contributed by atoms with Crippen LogP contribution in [0.5, 0.6) is 0 Å². The molecule has 1 atom stereocenters. The lowest BCUT2D eigenvalue weighted by atomic mass is 10.1. The van der Waals surface area contributed by atoms with E-state index in [2.05, 4.69) is 0 Å². The molecule has 0 N–H and O–H groups in total. The van der Waals surface area contributed by atoms with E-state index in [0.29, 0.717) is 26.3 Å². The first-order valence-corrected chi connectivity index (χ1v) is 7.16. The molecule has 0 aromatic heterocycles. The summed E-state index contributed by atoms with van der Waals surface area (Å²) in [7, 11) is 1.40. The van der Waals surface area contributed by atoms with Crippen molar-refractivity contribution in [3.63, 3.8) is 0 Å². The van der Waals surface area contributed by atoms with E-state index in [1.807, 2.05) is 0 Å². The summed E-state index contributed by atoms with van der Waals surface area (Å²) in [5, 5.41) is 0. The summed E-state index contributed by atoms with van der Waals surface area (Å²) in [5.41, 5.74) is 0. The molecule has 0 aromatic carbocycles. The van der Waals surface area contributed by atoms with Gasteiger partial charge in [-0.15, -0.1) is 0 Å². The van der Waals surface area contributed by atoms with Gasteiger partial charge in [0, 0.05) is 34.3 Å². The zero-order chi connectivity index (χ0) is 12.9. The highest BCUT2D eigenvalue weighted by Gasteiger charge is 2.30. The smallest absolute Gasteiger partial charge is 0.281 e. The van der Waals surface area contributed by atoms with Crippen molar-refractivity contribution >= 4 is 10.2 Å². The highest BCUT2D eigenvalue weighted by atomic mass is 32.2. The van der Waals surface area contributed by atoms with Crippen LogP contribution in [0.2, 0.25) is 0 Å². The Morgan fingerprint density at radius 3 is 2.65 bits per heavy atom. The quantitative estimate of drug-likeness (QED) is 0.631. The van der Waals surface area contributed by atoms with E-state index >= 15 is 0 Å². The molecule has 1 aliphatic heterocycles. The first kappa shape index (κ1) is 14.8. The number of nitrogens with zero attached hydrogens (tertiary/aromatic N) is 2. The first-order valence-electron chi connectivity index (χ1n) is 5.76. The molecule has 17 heavy (non-hydrogen) atoms. The van der Waals surface area contributed by atoms with E-state index in [1.54, 1.807) is 21.2 Å². The lowest BCUT2D eigenvalue weighted by Gasteiger charge is -2.33. The molecule has 102 valence electrons. The van der Waals surface area contributed by atoms with Crippen LogP contribution < -0.4 is 0 Å². The molecule has 0 saturated carbocycles. The number of hydrogen-bond donors (Lipinski definition) is 0. The fourth-order valence-electron chi connectivity index (χ4n) is 1.78. The van der Waals surface area contributed by atoms with Crippen molar-refractivity contribution in [3.05, 3.63) is 0 Å². The number of hydrogen-bond acceptors (Lipinski definition) is 4. The van der Waals surface area contributed by atoms with E-state index < -0.39 is 10.2 Å². The van der Waals surface area contributed by atoms with Gasteiger partial charge in [0.05, 0.1) is 19.3 Å². The second-order valence-electron chi connectivity index (χ2n) is 4.28. The van der Waals surface area contributed by atoms with Gasteiger partial charge in [-0.3, -0.25) is 0 Å². The minimum Gasteiger partial charge on any atom is -0.382 e. The highest BCUT2D eigenvalue weighted by molar-refractivity contribution is 7.86. The number of rotatable bonds is 6. The standard InChI is InChI=1S/C10H22N2O4S/c1-11(2)17(13,14)12-6-4-5-10(9-12)16-8-7-15-3/h10H,4-9H2,1-3H3/t10-/m1/s1. The third-order valence-corrected chi connectivity index (χ3v) is 4.68. The van der Waals surface area contributed by atoms with Crippen LogP contribution in [0.1, 0.15) is 12.8 Å². The Morgan fingerprint density at radius 1 is 1.35 bits per heavy atom. The maximum absolute atomic E-state index is 11.9. The van der Waals surface area contributed by atoms with Crippen LogP contribution in [-0.2, 0) is 19.7 Å². The van der Waals surface area contributed by atoms with Crippen molar-refractivity contribution in [2.75, 3.05) is 47.5 Å². The molecule has 1 saturated heterocycles. The molecule has 1 fully saturated rings. The molecule has 0 amide bonds. The summed E-state index contributed by atoms with van der Waals surface area (Å²) >= 11 is 0. The Balaban J connectivity index is 2.49. The molecular weight excluding hydrogens is 244 g/mol. The predicted molar refractivity (Wildman–Crippen MR) is 65.0 cm³/mol. The average molecular weight is 266 g/mol. The SMILES string of the molecule is COCCO[C@@H]1CCCN(S(=O)(=O)N(C)C)C1. The van der Waals surface area contributed by atoms with Gasteiger partial charge in [0.15, 0.2) is 0 Å². The number of ether oxygens (including phenoxy) is 2. The van der Waals surface area contributed by atoms with Crippen molar-refractivity contribution in [3.8, 4) is 0 Å². The topological polar surface area (TPSA) is 59.1 Å². The maximum atomic E-state index is 11.9. The van der Waals surface area contributed by atoms with E-state index in [0.717, 1.165) is 12.8 Å². The monoisotopic (exact) mass is 266 g/mol. The lowest BCUT2D eigenvalue weighted by molar-refractivity contribution is -0.00713. The van der Waals surface area contributed by atoms with Gasteiger partial charge in [-0.2, -0.15) is 17.0 Å². The molecule has 0 bridgehead atoms. The Morgan fingerprint density at radius 2 is 2.06 bits per heavy atom. The Bertz CT molecular complexity index is 318. The lowest BCUT2D eigenvalue weighted by Crippen LogP contribution is -2.47. The fraction of sp³-hybridized carbons (Fsp3) is 1.00. The van der Waals surface area contributed by atoms with Crippen molar-refractivity contribution in [2.24, 2.45) is 0 Å². The molecule has 0 spiro atoms. The largest absolute Gasteiger partial charge is 0.382 e. The van der Waals surface area contributed by atoms with Gasteiger partial charge in [0.2, 0.25) is 0 Å². The molecule has 6 nitrogen and oxygen atoms in total. The highest BCUT2D eigenvalue weighted by Crippen LogP contribution is 2.17. The molecule has 0 aromatic rings. The second-order valence-corrected chi connectivity index (χ2v) is 6.42. The molecule has 1 heterocycles. The summed E-state index contributed by atoms with van der Waals surface area (Å²) in [6.07, 6.45) is 1.72. The van der Waals surface area contributed by atoms with Gasteiger partial charge < -0.3 is 9.47 Å². The maximum Gasteiger partial charge on any atom is 0.281 e. The molecular formula is C10H22N2O4S. The van der Waals surface area contributed by atoms with Crippen LogP contribution >= 0.6 is 0 Å². The number of piperidine rings is 1. The van der Waals surface area contributed by atoms with Crippen LogP contribution in [0.4, 0.5) is 0 Å². The van der Waals surface area contributed by atoms with Gasteiger partial charge in [0.25, 0.3) is 10.2 Å². The zero-order valence-corrected chi connectivity index (χ0v) is 11.6. The summed E-state index contributed by atoms with van der Waals surface area (Å²) in [6, 6.07) is 0. The van der Waals surface area contributed by atoms with E-state index in [-0.39, 0.29) is 6.10 Å². The molecule has 7 heteroatoms. The van der Waals surface area contributed by atoms with Crippen molar-refractivity contribution < 1.29 is 17.9 Å². The minimum atomic E-state index is -3.31. The Labute approximate surface area is 104 Å². The van der Waals surface area contributed by atoms with Crippen LogP contribution in [0.25, 0.3) is 0 Å². The van der Waals surface area contributed by atoms with Crippen LogP contribution in [0, 0.1) is 0 Å². The molecule has 1 aliphatic rings. The normalized spacial score (nSPS) is 23.2. The van der Waals surface area contributed by atoms with Crippen molar-refractivity contribution in [2.45, 2.75) is 18.9 Å². The van der Waals surface area contributed by atoms with Crippen LogP contribution in [0.15, 0.2) is 0 Å². The molecule has 0 aliphatic carbocycles. The van der Waals surface area contributed by atoms with Gasteiger partial charge in [-0.05, 0) is 12.8 Å². The molecule has 0 unspecified atom stereocenters. The first-order chi connectivity index (χ1) is 7.98. The van der Waals surface area contributed by atoms with Gasteiger partial charge in [-0.1, -0.05) is 0 Å². The van der Waals surface area contributed by atoms with E-state index in [1.165, 1.54) is 8.61 Å².